The number of rotatable bonds is 10. The smallest absolute Gasteiger partial charge is 0.327 e. The summed E-state index contributed by atoms with van der Waals surface area (Å²) in [6.45, 7) is 2.51. The Morgan fingerprint density at radius 1 is 0.695 bits per heavy atom. The van der Waals surface area contributed by atoms with Gasteiger partial charge in [-0.25, -0.2) is 19.0 Å². The van der Waals surface area contributed by atoms with Crippen LogP contribution in [0.15, 0.2) is 72.8 Å². The van der Waals surface area contributed by atoms with E-state index in [9.17, 15) is 23.6 Å². The van der Waals surface area contributed by atoms with Crippen LogP contribution in [-0.2, 0) is 35.8 Å². The van der Waals surface area contributed by atoms with E-state index in [1.807, 2.05) is 82.2 Å². The maximum absolute atomic E-state index is 12.0. The van der Waals surface area contributed by atoms with E-state index in [4.69, 9.17) is 24.6 Å². The third kappa shape index (κ3) is 8.35. The predicted molar refractivity (Wildman–Crippen MR) is 221 cm³/mol. The highest BCUT2D eigenvalue weighted by atomic mass is 35.5. The average Bonchev–Trinajstić information content (AvgIpc) is 4.12. The number of fused-ring (bicyclic) bond motifs is 2. The van der Waals surface area contributed by atoms with Gasteiger partial charge in [0.25, 0.3) is 5.91 Å². The van der Waals surface area contributed by atoms with Crippen molar-refractivity contribution in [1.82, 2.24) is 50.0 Å². The number of alkyl halides is 1. The molecule has 1 N–H and O–H groups in total. The van der Waals surface area contributed by atoms with E-state index in [0.717, 1.165) is 57.5 Å². The number of hydrogen-bond acceptors (Lipinski definition) is 8. The quantitative estimate of drug-likeness (QED) is 0.141. The molecule has 2 aliphatic heterocycles. The molecule has 4 fully saturated rings. The Morgan fingerprint density at radius 2 is 1.15 bits per heavy atom. The van der Waals surface area contributed by atoms with Gasteiger partial charge in [0.15, 0.2) is 0 Å². The van der Waals surface area contributed by atoms with E-state index >= 15 is 0 Å². The first kappa shape index (κ1) is 38.6. The van der Waals surface area contributed by atoms with E-state index in [0.29, 0.717) is 32.9 Å². The Bertz CT molecular complexity index is 2580. The summed E-state index contributed by atoms with van der Waals surface area (Å²) < 4.78 is 19.4. The first-order chi connectivity index (χ1) is 29.0. The molecule has 14 nitrogen and oxygen atoms in total. The Kier molecular flexibility index (Phi) is 10.9. The molecule has 0 atom stereocenters. The topological polar surface area (TPSA) is 151 Å². The zero-order valence-corrected chi connectivity index (χ0v) is 33.7. The number of imide groups is 2. The zero-order valence-electron chi connectivity index (χ0n) is 33.2. The lowest BCUT2D eigenvalue weighted by atomic mass is 10.0. The number of benzene rings is 4. The van der Waals surface area contributed by atoms with E-state index in [-0.39, 0.29) is 50.1 Å². The molecule has 4 aromatic carbocycles. The van der Waals surface area contributed by atoms with Crippen LogP contribution in [0.3, 0.4) is 0 Å². The molecule has 0 radical (unpaired) electrons. The second-order valence-electron chi connectivity index (χ2n) is 15.2. The lowest BCUT2D eigenvalue weighted by Crippen LogP contribution is -2.30. The summed E-state index contributed by atoms with van der Waals surface area (Å²) in [7, 11) is 0.627. The third-order valence-electron chi connectivity index (χ3n) is 10.9. The summed E-state index contributed by atoms with van der Waals surface area (Å²) in [6, 6.07) is 22.8. The van der Waals surface area contributed by atoms with Gasteiger partial charge in [0.05, 0.1) is 49.2 Å². The van der Waals surface area contributed by atoms with Crippen LogP contribution in [-0.4, -0.2) is 95.9 Å². The molecule has 2 saturated heterocycles. The molecule has 17 heteroatoms. The molecule has 304 valence electrons. The van der Waals surface area contributed by atoms with Crippen molar-refractivity contribution in [1.29, 1.82) is 0 Å². The normalized spacial score (nSPS) is 16.7. The van der Waals surface area contributed by atoms with Crippen molar-refractivity contribution >= 4 is 69.1 Å². The molecule has 2 saturated carbocycles. The van der Waals surface area contributed by atoms with Crippen molar-refractivity contribution in [3.05, 3.63) is 94.0 Å². The molecule has 0 unspecified atom stereocenters. The maximum atomic E-state index is 12.0. The second-order valence-corrected chi connectivity index (χ2v) is 15.9. The molecule has 10 rings (SSSR count). The molecule has 0 spiro atoms. The van der Waals surface area contributed by atoms with Crippen molar-refractivity contribution in [2.24, 2.45) is 11.8 Å². The molecule has 4 aliphatic rings. The highest BCUT2D eigenvalue weighted by molar-refractivity contribution is 6.38. The summed E-state index contributed by atoms with van der Waals surface area (Å²) in [4.78, 5) is 51.3. The summed E-state index contributed by atoms with van der Waals surface area (Å²) >= 11 is 13.3. The molecular weight excluding hydrogens is 798 g/mol. The molecule has 6 amide bonds. The zero-order chi connectivity index (χ0) is 42.1. The SMILES string of the molecule is CN1CC(=O)N(Cc2ccc(-c3ccc4c(nnn4CC4CC4)c3Cl)cc2)C1=O.O=C1CNC(=O)N1Cc1ccc(-c2ccc3c(nnn3CC3CC3)c2Cl)cc1.[2H]CF. The monoisotopic (exact) mass is 839 g/mol. The lowest BCUT2D eigenvalue weighted by Gasteiger charge is -2.14. The van der Waals surface area contributed by atoms with Crippen LogP contribution in [0, 0.1) is 11.8 Å². The van der Waals surface area contributed by atoms with Crippen LogP contribution in [0.5, 0.6) is 0 Å². The van der Waals surface area contributed by atoms with Crippen molar-refractivity contribution in [2.45, 2.75) is 51.9 Å². The van der Waals surface area contributed by atoms with Gasteiger partial charge in [-0.2, -0.15) is 0 Å². The fourth-order valence-corrected chi connectivity index (χ4v) is 7.81. The van der Waals surface area contributed by atoms with Crippen LogP contribution in [0.2, 0.25) is 10.0 Å². The van der Waals surface area contributed by atoms with Gasteiger partial charge in [0.1, 0.15) is 17.6 Å². The van der Waals surface area contributed by atoms with Crippen LogP contribution >= 0.6 is 23.2 Å². The molecule has 6 aromatic rings. The number of nitrogens with one attached hydrogen (secondary N) is 1. The highest BCUT2D eigenvalue weighted by Crippen LogP contribution is 2.37. The Labute approximate surface area is 350 Å². The standard InChI is InChI=1S/C21H20ClN5O2.C20H18ClN5O2.CH3F/c1-25-12-18(28)26(21(25)29)10-13-4-6-15(7-5-13)16-8-9-17-20(19(16)22)23-24-27(17)11-14-2-3-14;21-18-15(7-8-16-19(18)23-24-26(16)11-13-1-2-13)14-5-3-12(4-6-14)10-25-17(27)9-22-20(25)28;1-2/h4-9,14H,2-3,10-12H2,1H3;3-8,13H,1-2,9-11H2,(H,22,28);1H3/i;;1D. The minimum atomic E-state index is -1.00. The van der Waals surface area contributed by atoms with E-state index in [2.05, 4.69) is 25.9 Å². The molecule has 2 aliphatic carbocycles. The minimum absolute atomic E-state index is 0.0635. The fourth-order valence-electron chi connectivity index (χ4n) is 7.20. The number of halogens is 3. The summed E-state index contributed by atoms with van der Waals surface area (Å²) in [5.41, 5.74) is 8.77. The maximum Gasteiger partial charge on any atom is 0.327 e. The third-order valence-corrected chi connectivity index (χ3v) is 11.7. The van der Waals surface area contributed by atoms with Gasteiger partial charge in [-0.1, -0.05) is 94.3 Å². The number of hydrogen-bond donors (Lipinski definition) is 1. The first-order valence-corrected chi connectivity index (χ1v) is 20.0. The average molecular weight is 841 g/mol. The first-order valence-electron chi connectivity index (χ1n) is 19.9. The van der Waals surface area contributed by atoms with Crippen LogP contribution in [0.25, 0.3) is 44.3 Å². The van der Waals surface area contributed by atoms with Crippen LogP contribution in [0.4, 0.5) is 14.0 Å². The molecule has 2 aromatic heterocycles. The summed E-state index contributed by atoms with van der Waals surface area (Å²) in [6.07, 6.45) is 5.02. The van der Waals surface area contributed by atoms with Crippen molar-refractivity contribution in [3.63, 3.8) is 0 Å². The van der Waals surface area contributed by atoms with Crippen LogP contribution < -0.4 is 5.32 Å². The molecule has 4 heterocycles. The van der Waals surface area contributed by atoms with Gasteiger partial charge in [-0.15, -0.1) is 10.2 Å². The largest absolute Gasteiger partial charge is 0.329 e. The van der Waals surface area contributed by atoms with Crippen molar-refractivity contribution in [2.75, 3.05) is 27.3 Å². The predicted octanol–water partition coefficient (Wildman–Crippen LogP) is 7.35. The van der Waals surface area contributed by atoms with E-state index in [1.165, 1.54) is 40.4 Å². The van der Waals surface area contributed by atoms with Gasteiger partial charge in [-0.05, 0) is 71.9 Å². The van der Waals surface area contributed by atoms with Crippen molar-refractivity contribution < 1.29 is 24.9 Å². The van der Waals surface area contributed by atoms with Gasteiger partial charge in [-0.3, -0.25) is 23.8 Å². The summed E-state index contributed by atoms with van der Waals surface area (Å²) in [5.74, 6) is 1.03. The molecule has 59 heavy (non-hydrogen) atoms. The summed E-state index contributed by atoms with van der Waals surface area (Å²) in [5, 5.41) is 20.8. The number of carbonyl (C=O) groups is 4. The molecular formula is C42H41Cl2FN10O4. The number of likely N-dealkylation sites (N-methyl/N-ethyl adjacent to an activating group) is 1. The second kappa shape index (κ2) is 16.7. The number of nitrogens with zero attached hydrogens (tertiary/aromatic N) is 9. The molecule has 0 bridgehead atoms. The van der Waals surface area contributed by atoms with Gasteiger partial charge < -0.3 is 10.2 Å². The number of amides is 6. The lowest BCUT2D eigenvalue weighted by molar-refractivity contribution is -0.126. The van der Waals surface area contributed by atoms with Gasteiger partial charge >= 0.3 is 12.1 Å². The minimum Gasteiger partial charge on any atom is -0.329 e. The van der Waals surface area contributed by atoms with E-state index in [1.54, 1.807) is 7.05 Å². The van der Waals surface area contributed by atoms with E-state index < -0.39 is 7.15 Å². The number of carbonyl (C=O) groups excluding carboxylic acids is 4. The number of aromatic nitrogens is 6. The number of urea groups is 2. The van der Waals surface area contributed by atoms with Crippen LogP contribution in [0.1, 0.15) is 38.2 Å². The fraction of sp³-hybridized carbons (Fsp3) is 0.333. The Hall–Kier alpha value is -5.93. The van der Waals surface area contributed by atoms with Crippen molar-refractivity contribution in [3.8, 4) is 22.3 Å². The van der Waals surface area contributed by atoms with Gasteiger partial charge in [0.2, 0.25) is 5.91 Å². The highest BCUT2D eigenvalue weighted by Gasteiger charge is 2.33. The van der Waals surface area contributed by atoms with Gasteiger partial charge in [0, 0.05) is 31.3 Å². The Balaban J connectivity index is 0.000000156. The Morgan fingerprint density at radius 3 is 1.54 bits per heavy atom.